The summed E-state index contributed by atoms with van der Waals surface area (Å²) in [6, 6.07) is 6.00. The lowest BCUT2D eigenvalue weighted by Crippen LogP contribution is -2.51. The van der Waals surface area contributed by atoms with Crippen LogP contribution in [0, 0.1) is 5.92 Å². The molecule has 3 N–H and O–H groups in total. The fraction of sp³-hybridized carbons (Fsp3) is 0.562. The maximum absolute atomic E-state index is 13.1. The van der Waals surface area contributed by atoms with E-state index >= 15 is 0 Å². The van der Waals surface area contributed by atoms with Gasteiger partial charge in [0.05, 0.1) is 4.90 Å². The topological polar surface area (TPSA) is 89.3 Å². The molecule has 0 spiro atoms. The van der Waals surface area contributed by atoms with Gasteiger partial charge in [-0.25, -0.2) is 8.42 Å². The van der Waals surface area contributed by atoms with Crippen molar-refractivity contribution in [2.45, 2.75) is 42.2 Å². The van der Waals surface area contributed by atoms with E-state index in [9.17, 15) is 13.2 Å². The molecule has 1 aliphatic rings. The molecule has 1 fully saturated rings. The summed E-state index contributed by atoms with van der Waals surface area (Å²) >= 11 is 5.83. The number of nitrogens with two attached hydrogens (primary N) is 1. The van der Waals surface area contributed by atoms with Crippen LogP contribution in [0.4, 0.5) is 0 Å². The minimum atomic E-state index is -3.77. The van der Waals surface area contributed by atoms with E-state index in [2.05, 4.69) is 5.32 Å². The van der Waals surface area contributed by atoms with E-state index in [-0.39, 0.29) is 10.8 Å². The molecule has 0 heterocycles. The zero-order valence-electron chi connectivity index (χ0n) is 13.2. The van der Waals surface area contributed by atoms with E-state index in [4.69, 9.17) is 17.3 Å². The van der Waals surface area contributed by atoms with Gasteiger partial charge in [-0.15, -0.1) is 0 Å². The summed E-state index contributed by atoms with van der Waals surface area (Å²) in [5.74, 6) is -0.305. The lowest BCUT2D eigenvalue weighted by atomic mass is 10.1. The van der Waals surface area contributed by atoms with Crippen LogP contribution < -0.4 is 11.1 Å². The number of benzene rings is 1. The van der Waals surface area contributed by atoms with Crippen LogP contribution in [0.25, 0.3) is 0 Å². The standard InChI is InChI=1S/C16H23ClN2O3S/c1-12(10-18)11-19-15(20)16(8-2-3-9-16)23(21,22)14-6-4-13(17)5-7-14/h4-7,12H,2-3,8-11,18H2,1H3,(H,19,20). The van der Waals surface area contributed by atoms with Gasteiger partial charge in [0.25, 0.3) is 0 Å². The van der Waals surface area contributed by atoms with Crippen LogP contribution in [-0.4, -0.2) is 32.2 Å². The number of sulfone groups is 1. The first-order valence-electron chi connectivity index (χ1n) is 7.82. The second-order valence-electron chi connectivity index (χ2n) is 6.21. The summed E-state index contributed by atoms with van der Waals surface area (Å²) in [5, 5.41) is 3.24. The zero-order chi connectivity index (χ0) is 17.1. The first kappa shape index (κ1) is 18.2. The van der Waals surface area contributed by atoms with Crippen molar-refractivity contribution in [3.8, 4) is 0 Å². The number of rotatable bonds is 6. The molecule has 1 atom stereocenters. The number of hydrogen-bond acceptors (Lipinski definition) is 4. The summed E-state index contributed by atoms with van der Waals surface area (Å²) in [6.45, 7) is 2.74. The van der Waals surface area contributed by atoms with Gasteiger partial charge >= 0.3 is 0 Å². The molecular formula is C16H23ClN2O3S. The molecule has 0 aromatic heterocycles. The van der Waals surface area contributed by atoms with Crippen LogP contribution >= 0.6 is 11.6 Å². The van der Waals surface area contributed by atoms with Gasteiger partial charge in [0.2, 0.25) is 5.91 Å². The van der Waals surface area contributed by atoms with Crippen LogP contribution in [0.5, 0.6) is 0 Å². The Kier molecular flexibility index (Phi) is 5.70. The van der Waals surface area contributed by atoms with Gasteiger partial charge < -0.3 is 11.1 Å². The molecule has 23 heavy (non-hydrogen) atoms. The average molecular weight is 359 g/mol. The molecule has 1 unspecified atom stereocenters. The molecule has 1 aromatic carbocycles. The Morgan fingerprint density at radius 3 is 2.39 bits per heavy atom. The summed E-state index contributed by atoms with van der Waals surface area (Å²) in [6.07, 6.45) is 2.15. The molecule has 1 aromatic rings. The molecule has 1 saturated carbocycles. The minimum absolute atomic E-state index is 0.107. The molecule has 2 rings (SSSR count). The molecular weight excluding hydrogens is 336 g/mol. The molecule has 0 aliphatic heterocycles. The fourth-order valence-electron chi connectivity index (χ4n) is 2.91. The van der Waals surface area contributed by atoms with Crippen LogP contribution in [0.1, 0.15) is 32.6 Å². The number of carbonyl (C=O) groups is 1. The van der Waals surface area contributed by atoms with Crippen molar-refractivity contribution in [1.82, 2.24) is 5.32 Å². The second-order valence-corrected chi connectivity index (χ2v) is 8.91. The van der Waals surface area contributed by atoms with Gasteiger partial charge in [0.15, 0.2) is 14.6 Å². The molecule has 1 amide bonds. The normalized spacial score (nSPS) is 18.6. The third-order valence-electron chi connectivity index (χ3n) is 4.48. The molecule has 1 aliphatic carbocycles. The maximum atomic E-state index is 13.1. The van der Waals surface area contributed by atoms with Crippen molar-refractivity contribution in [1.29, 1.82) is 0 Å². The van der Waals surface area contributed by atoms with E-state index in [1.165, 1.54) is 24.3 Å². The van der Waals surface area contributed by atoms with Crippen molar-refractivity contribution < 1.29 is 13.2 Å². The summed E-state index contributed by atoms with van der Waals surface area (Å²) in [4.78, 5) is 12.9. The van der Waals surface area contributed by atoms with Crippen molar-refractivity contribution in [3.63, 3.8) is 0 Å². The highest BCUT2D eigenvalue weighted by Gasteiger charge is 2.52. The quantitative estimate of drug-likeness (QED) is 0.815. The van der Waals surface area contributed by atoms with Crippen LogP contribution in [0.15, 0.2) is 29.2 Å². The predicted octanol–water partition coefficient (Wildman–Crippen LogP) is 2.14. The lowest BCUT2D eigenvalue weighted by Gasteiger charge is -2.28. The third-order valence-corrected chi connectivity index (χ3v) is 7.24. The maximum Gasteiger partial charge on any atom is 0.241 e. The first-order valence-corrected chi connectivity index (χ1v) is 9.68. The van der Waals surface area contributed by atoms with E-state index < -0.39 is 20.5 Å². The molecule has 0 saturated heterocycles. The Balaban J connectivity index is 2.32. The van der Waals surface area contributed by atoms with E-state index in [0.717, 1.165) is 12.8 Å². The first-order chi connectivity index (χ1) is 10.8. The van der Waals surface area contributed by atoms with Crippen LogP contribution in [-0.2, 0) is 14.6 Å². The van der Waals surface area contributed by atoms with E-state index in [0.29, 0.717) is 31.0 Å². The number of hydrogen-bond donors (Lipinski definition) is 2. The molecule has 5 nitrogen and oxygen atoms in total. The lowest BCUT2D eigenvalue weighted by molar-refractivity contribution is -0.123. The van der Waals surface area contributed by atoms with E-state index in [1.807, 2.05) is 6.92 Å². The van der Waals surface area contributed by atoms with Crippen LogP contribution in [0.3, 0.4) is 0 Å². The Morgan fingerprint density at radius 2 is 1.87 bits per heavy atom. The average Bonchev–Trinajstić information content (AvgIpc) is 3.04. The van der Waals surface area contributed by atoms with Gasteiger partial charge in [-0.1, -0.05) is 31.4 Å². The Morgan fingerprint density at radius 1 is 1.30 bits per heavy atom. The van der Waals surface area contributed by atoms with Crippen molar-refractivity contribution in [2.75, 3.05) is 13.1 Å². The second kappa shape index (κ2) is 7.20. The largest absolute Gasteiger partial charge is 0.354 e. The summed E-state index contributed by atoms with van der Waals surface area (Å²) in [7, 11) is -3.77. The molecule has 0 radical (unpaired) electrons. The Hall–Kier alpha value is -1.11. The van der Waals surface area contributed by atoms with Crippen molar-refractivity contribution >= 4 is 27.3 Å². The minimum Gasteiger partial charge on any atom is -0.354 e. The number of halogens is 1. The predicted molar refractivity (Wildman–Crippen MR) is 91.1 cm³/mol. The summed E-state index contributed by atoms with van der Waals surface area (Å²) < 4.78 is 24.8. The van der Waals surface area contributed by atoms with Gasteiger partial charge in [-0.05, 0) is 49.6 Å². The SMILES string of the molecule is CC(CN)CNC(=O)C1(S(=O)(=O)c2ccc(Cl)cc2)CCCC1. The highest BCUT2D eigenvalue weighted by molar-refractivity contribution is 7.93. The smallest absolute Gasteiger partial charge is 0.241 e. The Labute approximate surface area is 142 Å². The molecule has 128 valence electrons. The number of amides is 1. The monoisotopic (exact) mass is 358 g/mol. The fourth-order valence-corrected chi connectivity index (χ4v) is 5.13. The third kappa shape index (κ3) is 3.54. The van der Waals surface area contributed by atoms with Crippen molar-refractivity contribution in [3.05, 3.63) is 29.3 Å². The molecule has 0 bridgehead atoms. The number of nitrogens with one attached hydrogen (secondary N) is 1. The molecule has 7 heteroatoms. The zero-order valence-corrected chi connectivity index (χ0v) is 14.8. The summed E-state index contributed by atoms with van der Waals surface area (Å²) in [5.41, 5.74) is 5.55. The highest BCUT2D eigenvalue weighted by atomic mass is 35.5. The van der Waals surface area contributed by atoms with Gasteiger partial charge in [0, 0.05) is 11.6 Å². The van der Waals surface area contributed by atoms with Gasteiger partial charge in [-0.2, -0.15) is 0 Å². The number of carbonyl (C=O) groups excluding carboxylic acids is 1. The van der Waals surface area contributed by atoms with Crippen LogP contribution in [0.2, 0.25) is 5.02 Å². The Bertz CT molecular complexity index is 652. The van der Waals surface area contributed by atoms with Crippen molar-refractivity contribution in [2.24, 2.45) is 11.7 Å². The van der Waals surface area contributed by atoms with Gasteiger partial charge in [-0.3, -0.25) is 4.79 Å². The highest BCUT2D eigenvalue weighted by Crippen LogP contribution is 2.41. The van der Waals surface area contributed by atoms with E-state index in [1.54, 1.807) is 0 Å². The van der Waals surface area contributed by atoms with Gasteiger partial charge in [0.1, 0.15) is 0 Å².